The summed E-state index contributed by atoms with van der Waals surface area (Å²) in [6.07, 6.45) is 0.933. The van der Waals surface area contributed by atoms with Crippen LogP contribution in [-0.2, 0) is 4.79 Å². The van der Waals surface area contributed by atoms with E-state index >= 15 is 0 Å². The third-order valence-electron chi connectivity index (χ3n) is 2.72. The van der Waals surface area contributed by atoms with Crippen molar-refractivity contribution < 1.29 is 22.7 Å². The van der Waals surface area contributed by atoms with Crippen LogP contribution in [0.2, 0.25) is 0 Å². The minimum absolute atomic E-state index is 0.289. The van der Waals surface area contributed by atoms with Gasteiger partial charge in [0.25, 0.3) is 18.1 Å². The predicted octanol–water partition coefficient (Wildman–Crippen LogP) is 2.28. The standard InChI is InChI=1S/C13H13F3N4O2/c1-13(2,3)9(21)12(20-6-17-5-18-20)22-11-8(15)4-7(14)10(16)19-11/h4-6,12H,1-3H3. The lowest BCUT2D eigenvalue weighted by Crippen LogP contribution is -2.35. The quantitative estimate of drug-likeness (QED) is 0.810. The first-order valence-corrected chi connectivity index (χ1v) is 6.27. The van der Waals surface area contributed by atoms with Crippen molar-refractivity contribution in [2.75, 3.05) is 0 Å². The molecule has 0 aromatic carbocycles. The van der Waals surface area contributed by atoms with Crippen molar-refractivity contribution in [3.8, 4) is 5.88 Å². The van der Waals surface area contributed by atoms with E-state index in [0.29, 0.717) is 0 Å². The molecular weight excluding hydrogens is 301 g/mol. The SMILES string of the molecule is CC(C)(C)C(=O)C(Oc1nc(F)c(F)cc1F)n1cncn1. The van der Waals surface area contributed by atoms with E-state index < -0.39 is 40.9 Å². The Morgan fingerprint density at radius 1 is 1.27 bits per heavy atom. The number of hydrogen-bond acceptors (Lipinski definition) is 5. The zero-order valence-corrected chi connectivity index (χ0v) is 12.0. The van der Waals surface area contributed by atoms with Gasteiger partial charge in [0.2, 0.25) is 5.78 Å². The van der Waals surface area contributed by atoms with E-state index in [-0.39, 0.29) is 6.07 Å². The van der Waals surface area contributed by atoms with Crippen LogP contribution in [0.4, 0.5) is 13.2 Å². The Kier molecular flexibility index (Phi) is 4.16. The van der Waals surface area contributed by atoms with E-state index in [0.717, 1.165) is 11.0 Å². The number of hydrogen-bond donors (Lipinski definition) is 0. The number of ketones is 1. The molecule has 0 aliphatic rings. The van der Waals surface area contributed by atoms with Gasteiger partial charge in [0.1, 0.15) is 12.7 Å². The van der Waals surface area contributed by atoms with E-state index in [4.69, 9.17) is 4.74 Å². The third-order valence-corrected chi connectivity index (χ3v) is 2.72. The Labute approximate surface area is 123 Å². The molecule has 6 nitrogen and oxygen atoms in total. The molecule has 0 saturated heterocycles. The minimum Gasteiger partial charge on any atom is -0.442 e. The normalized spacial score (nSPS) is 13.0. The van der Waals surface area contributed by atoms with Gasteiger partial charge in [0.05, 0.1) is 0 Å². The topological polar surface area (TPSA) is 69.9 Å². The lowest BCUT2D eigenvalue weighted by atomic mass is 9.90. The molecule has 0 amide bonds. The summed E-state index contributed by atoms with van der Waals surface area (Å²) in [6, 6.07) is 0.289. The van der Waals surface area contributed by atoms with Crippen LogP contribution in [0.5, 0.6) is 5.88 Å². The van der Waals surface area contributed by atoms with Crippen molar-refractivity contribution in [3.63, 3.8) is 0 Å². The minimum atomic E-state index is -1.53. The van der Waals surface area contributed by atoms with Crippen LogP contribution in [0, 0.1) is 23.0 Å². The molecule has 0 aliphatic carbocycles. The van der Waals surface area contributed by atoms with Crippen molar-refractivity contribution in [1.82, 2.24) is 19.7 Å². The summed E-state index contributed by atoms with van der Waals surface area (Å²) < 4.78 is 45.8. The van der Waals surface area contributed by atoms with Gasteiger partial charge in [-0.05, 0) is 0 Å². The van der Waals surface area contributed by atoms with Gasteiger partial charge in [-0.1, -0.05) is 20.8 Å². The van der Waals surface area contributed by atoms with Crippen LogP contribution >= 0.6 is 0 Å². The number of carbonyl (C=O) groups excluding carboxylic acids is 1. The van der Waals surface area contributed by atoms with Crippen molar-refractivity contribution in [3.05, 3.63) is 36.3 Å². The predicted molar refractivity (Wildman–Crippen MR) is 68.3 cm³/mol. The Hall–Kier alpha value is -2.45. The molecule has 2 aromatic heterocycles. The lowest BCUT2D eigenvalue weighted by molar-refractivity contribution is -0.138. The molecule has 1 unspecified atom stereocenters. The maximum Gasteiger partial charge on any atom is 0.255 e. The monoisotopic (exact) mass is 314 g/mol. The molecule has 0 saturated carbocycles. The van der Waals surface area contributed by atoms with Crippen LogP contribution in [-0.4, -0.2) is 25.5 Å². The molecule has 2 rings (SSSR count). The van der Waals surface area contributed by atoms with Gasteiger partial charge in [-0.15, -0.1) is 0 Å². The molecule has 0 fully saturated rings. The second kappa shape index (κ2) is 5.74. The van der Waals surface area contributed by atoms with Gasteiger partial charge < -0.3 is 4.74 Å². The highest BCUT2D eigenvalue weighted by atomic mass is 19.2. The summed E-state index contributed by atoms with van der Waals surface area (Å²) in [5.74, 6) is -5.52. The number of pyridine rings is 1. The molecule has 0 spiro atoms. The van der Waals surface area contributed by atoms with Gasteiger partial charge in [0, 0.05) is 11.5 Å². The van der Waals surface area contributed by atoms with Crippen molar-refractivity contribution in [1.29, 1.82) is 0 Å². The molecule has 0 N–H and O–H groups in total. The molecule has 118 valence electrons. The number of nitrogens with zero attached hydrogens (tertiary/aromatic N) is 4. The largest absolute Gasteiger partial charge is 0.442 e. The molecule has 2 aromatic rings. The molecular formula is C13H13F3N4O2. The van der Waals surface area contributed by atoms with Crippen LogP contribution in [0.25, 0.3) is 0 Å². The summed E-state index contributed by atoms with van der Waals surface area (Å²) >= 11 is 0. The van der Waals surface area contributed by atoms with E-state index in [9.17, 15) is 18.0 Å². The Morgan fingerprint density at radius 2 is 1.95 bits per heavy atom. The first-order valence-electron chi connectivity index (χ1n) is 6.27. The second-order valence-electron chi connectivity index (χ2n) is 5.51. The van der Waals surface area contributed by atoms with E-state index in [1.165, 1.54) is 6.33 Å². The number of Topliss-reactive ketones (excluding diaryl/α,β-unsaturated/α-hetero) is 1. The smallest absolute Gasteiger partial charge is 0.255 e. The molecule has 22 heavy (non-hydrogen) atoms. The Balaban J connectivity index is 2.40. The lowest BCUT2D eigenvalue weighted by Gasteiger charge is -2.24. The van der Waals surface area contributed by atoms with Gasteiger partial charge in [-0.3, -0.25) is 4.79 Å². The van der Waals surface area contributed by atoms with Crippen LogP contribution in [0.1, 0.15) is 27.0 Å². The fourth-order valence-electron chi connectivity index (χ4n) is 1.55. The zero-order valence-electron chi connectivity index (χ0n) is 12.0. The summed E-state index contributed by atoms with van der Waals surface area (Å²) in [5, 5.41) is 3.76. The van der Waals surface area contributed by atoms with E-state index in [1.54, 1.807) is 20.8 Å². The first-order chi connectivity index (χ1) is 10.2. The zero-order chi connectivity index (χ0) is 16.5. The van der Waals surface area contributed by atoms with Gasteiger partial charge in [0.15, 0.2) is 11.6 Å². The average Bonchev–Trinajstić information content (AvgIpc) is 2.93. The third kappa shape index (κ3) is 3.23. The summed E-state index contributed by atoms with van der Waals surface area (Å²) in [4.78, 5) is 19.1. The summed E-state index contributed by atoms with van der Waals surface area (Å²) in [6.45, 7) is 4.87. The van der Waals surface area contributed by atoms with Crippen molar-refractivity contribution >= 4 is 5.78 Å². The molecule has 0 radical (unpaired) electrons. The van der Waals surface area contributed by atoms with Crippen molar-refractivity contribution in [2.45, 2.75) is 27.0 Å². The highest BCUT2D eigenvalue weighted by molar-refractivity contribution is 5.86. The van der Waals surface area contributed by atoms with Gasteiger partial charge in [-0.2, -0.15) is 14.5 Å². The Morgan fingerprint density at radius 3 is 2.50 bits per heavy atom. The summed E-state index contributed by atoms with van der Waals surface area (Å²) in [7, 11) is 0. The van der Waals surface area contributed by atoms with Crippen molar-refractivity contribution in [2.24, 2.45) is 5.41 Å². The fourth-order valence-corrected chi connectivity index (χ4v) is 1.55. The highest BCUT2D eigenvalue weighted by Gasteiger charge is 2.34. The van der Waals surface area contributed by atoms with Crippen LogP contribution in [0.3, 0.4) is 0 Å². The molecule has 0 aliphatic heterocycles. The first kappa shape index (κ1) is 15.9. The van der Waals surface area contributed by atoms with Crippen LogP contribution in [0.15, 0.2) is 18.7 Å². The number of rotatable bonds is 4. The summed E-state index contributed by atoms with van der Waals surface area (Å²) in [5.41, 5.74) is -0.855. The van der Waals surface area contributed by atoms with E-state index in [2.05, 4.69) is 15.1 Å². The maximum atomic E-state index is 13.6. The number of ether oxygens (including phenoxy) is 1. The number of aromatic nitrogens is 4. The maximum absolute atomic E-state index is 13.6. The van der Waals surface area contributed by atoms with E-state index in [1.807, 2.05) is 0 Å². The average molecular weight is 314 g/mol. The van der Waals surface area contributed by atoms with Gasteiger partial charge >= 0.3 is 0 Å². The number of halogens is 3. The van der Waals surface area contributed by atoms with Gasteiger partial charge in [-0.25, -0.2) is 18.4 Å². The molecule has 1 atom stereocenters. The second-order valence-corrected chi connectivity index (χ2v) is 5.51. The highest BCUT2D eigenvalue weighted by Crippen LogP contribution is 2.27. The van der Waals surface area contributed by atoms with Crippen LogP contribution < -0.4 is 4.74 Å². The number of carbonyl (C=O) groups is 1. The fraction of sp³-hybridized carbons (Fsp3) is 0.385. The molecule has 0 bridgehead atoms. The molecule has 9 heteroatoms. The molecule has 2 heterocycles. The Bertz CT molecular complexity index is 683.